The number of hydrogen-bond donors (Lipinski definition) is 2. The van der Waals surface area contributed by atoms with Crippen LogP contribution in [0.1, 0.15) is 25.3 Å². The summed E-state index contributed by atoms with van der Waals surface area (Å²) in [5.41, 5.74) is 0.997. The van der Waals surface area contributed by atoms with Crippen LogP contribution < -0.4 is 16.6 Å². The van der Waals surface area contributed by atoms with Crippen molar-refractivity contribution in [3.8, 4) is 5.69 Å². The summed E-state index contributed by atoms with van der Waals surface area (Å²) in [6.07, 6.45) is 4.54. The van der Waals surface area contributed by atoms with Crippen molar-refractivity contribution in [3.63, 3.8) is 0 Å². The zero-order chi connectivity index (χ0) is 16.7. The topological polar surface area (TPSA) is 92.7 Å². The van der Waals surface area contributed by atoms with Gasteiger partial charge in [-0.2, -0.15) is 4.98 Å². The first-order valence-corrected chi connectivity index (χ1v) is 8.03. The van der Waals surface area contributed by atoms with Gasteiger partial charge in [-0.25, -0.2) is 14.3 Å². The van der Waals surface area contributed by atoms with E-state index in [0.29, 0.717) is 17.7 Å². The molecule has 0 atom stereocenters. The maximum Gasteiger partial charge on any atom is 0.334 e. The molecule has 2 N–H and O–H groups in total. The second kappa shape index (κ2) is 5.59. The minimum atomic E-state index is -0.507. The minimum Gasteiger partial charge on any atom is -0.351 e. The van der Waals surface area contributed by atoms with Crippen LogP contribution in [0.25, 0.3) is 16.7 Å². The molecule has 0 aliphatic heterocycles. The van der Waals surface area contributed by atoms with Crippen molar-refractivity contribution in [2.24, 2.45) is 0 Å². The van der Waals surface area contributed by atoms with Crippen LogP contribution in [0.5, 0.6) is 0 Å². The van der Waals surface area contributed by atoms with Gasteiger partial charge in [-0.1, -0.05) is 19.1 Å². The SMILES string of the molecule is CCc1ccc(-n2c(=O)[nH]c3nc(NC4CC4)ncc3c2=O)cc1. The lowest BCUT2D eigenvalue weighted by molar-refractivity contribution is 0.890. The van der Waals surface area contributed by atoms with Gasteiger partial charge < -0.3 is 5.32 Å². The quantitative estimate of drug-likeness (QED) is 0.761. The van der Waals surface area contributed by atoms with Gasteiger partial charge in [0.05, 0.1) is 5.69 Å². The minimum absolute atomic E-state index is 0.254. The van der Waals surface area contributed by atoms with Gasteiger partial charge in [0.25, 0.3) is 5.56 Å². The summed E-state index contributed by atoms with van der Waals surface area (Å²) in [6.45, 7) is 2.05. The van der Waals surface area contributed by atoms with Gasteiger partial charge in [0.2, 0.25) is 5.95 Å². The predicted octanol–water partition coefficient (Wildman–Crippen LogP) is 1.61. The van der Waals surface area contributed by atoms with Gasteiger partial charge >= 0.3 is 5.69 Å². The average Bonchev–Trinajstić information content (AvgIpc) is 3.39. The summed E-state index contributed by atoms with van der Waals surface area (Å²) in [5, 5.41) is 3.44. The molecule has 1 fully saturated rings. The van der Waals surface area contributed by atoms with Crippen LogP contribution in [0.2, 0.25) is 0 Å². The van der Waals surface area contributed by atoms with Crippen molar-refractivity contribution >= 4 is 17.0 Å². The van der Waals surface area contributed by atoms with E-state index in [0.717, 1.165) is 29.4 Å². The van der Waals surface area contributed by atoms with E-state index < -0.39 is 11.2 Å². The second-order valence-corrected chi connectivity index (χ2v) is 5.97. The third-order valence-electron chi connectivity index (χ3n) is 4.16. The van der Waals surface area contributed by atoms with E-state index in [1.165, 1.54) is 6.20 Å². The highest BCUT2D eigenvalue weighted by Crippen LogP contribution is 2.22. The van der Waals surface area contributed by atoms with Crippen molar-refractivity contribution < 1.29 is 0 Å². The van der Waals surface area contributed by atoms with Crippen LogP contribution in [-0.4, -0.2) is 25.6 Å². The zero-order valence-electron chi connectivity index (χ0n) is 13.2. The molecule has 0 saturated heterocycles. The Morgan fingerprint density at radius 3 is 2.67 bits per heavy atom. The molecule has 4 rings (SSSR count). The number of benzene rings is 1. The van der Waals surface area contributed by atoms with Crippen molar-refractivity contribution in [2.75, 3.05) is 5.32 Å². The maximum absolute atomic E-state index is 12.7. The number of hydrogen-bond acceptors (Lipinski definition) is 5. The van der Waals surface area contributed by atoms with Crippen LogP contribution in [0.3, 0.4) is 0 Å². The fourth-order valence-corrected chi connectivity index (χ4v) is 2.60. The van der Waals surface area contributed by atoms with Crippen molar-refractivity contribution in [3.05, 3.63) is 56.9 Å². The van der Waals surface area contributed by atoms with Gasteiger partial charge in [-0.3, -0.25) is 9.78 Å². The Morgan fingerprint density at radius 1 is 1.25 bits per heavy atom. The molecule has 0 radical (unpaired) electrons. The Kier molecular flexibility index (Phi) is 3.41. The summed E-state index contributed by atoms with van der Waals surface area (Å²) in [5.74, 6) is 0.435. The summed E-state index contributed by atoms with van der Waals surface area (Å²) in [6, 6.07) is 7.75. The smallest absolute Gasteiger partial charge is 0.334 e. The first-order chi connectivity index (χ1) is 11.7. The fourth-order valence-electron chi connectivity index (χ4n) is 2.60. The van der Waals surface area contributed by atoms with E-state index in [2.05, 4.69) is 27.2 Å². The van der Waals surface area contributed by atoms with E-state index in [-0.39, 0.29) is 11.0 Å². The highest BCUT2D eigenvalue weighted by Gasteiger charge is 2.22. The number of aromatic amines is 1. The third kappa shape index (κ3) is 2.58. The lowest BCUT2D eigenvalue weighted by atomic mass is 10.1. The number of aromatic nitrogens is 4. The Hall–Kier alpha value is -2.96. The molecule has 7 heteroatoms. The number of fused-ring (bicyclic) bond motifs is 1. The Morgan fingerprint density at radius 2 is 2.00 bits per heavy atom. The Bertz CT molecular complexity index is 1020. The highest BCUT2D eigenvalue weighted by molar-refractivity contribution is 5.73. The molecule has 24 heavy (non-hydrogen) atoms. The van der Waals surface area contributed by atoms with Crippen LogP contribution in [0, 0.1) is 0 Å². The summed E-state index contributed by atoms with van der Waals surface area (Å²) < 4.78 is 1.11. The zero-order valence-corrected chi connectivity index (χ0v) is 13.2. The van der Waals surface area contributed by atoms with Crippen LogP contribution in [0.15, 0.2) is 40.1 Å². The molecular weight excluding hydrogens is 306 g/mol. The molecule has 1 aromatic carbocycles. The molecule has 2 aromatic heterocycles. The van der Waals surface area contributed by atoms with Crippen molar-refractivity contribution in [1.82, 2.24) is 19.5 Å². The molecule has 3 aromatic rings. The summed E-state index contributed by atoms with van der Waals surface area (Å²) >= 11 is 0. The molecule has 1 aliphatic rings. The fraction of sp³-hybridized carbons (Fsp3) is 0.294. The first-order valence-electron chi connectivity index (χ1n) is 8.03. The normalized spacial score (nSPS) is 14.0. The van der Waals surface area contributed by atoms with Gasteiger partial charge in [-0.15, -0.1) is 0 Å². The van der Waals surface area contributed by atoms with E-state index in [4.69, 9.17) is 0 Å². The lowest BCUT2D eigenvalue weighted by Crippen LogP contribution is -2.34. The van der Waals surface area contributed by atoms with E-state index in [1.807, 2.05) is 12.1 Å². The van der Waals surface area contributed by atoms with E-state index >= 15 is 0 Å². The Balaban J connectivity index is 1.83. The van der Waals surface area contributed by atoms with E-state index in [1.54, 1.807) is 12.1 Å². The lowest BCUT2D eigenvalue weighted by Gasteiger charge is -2.08. The molecule has 1 aliphatic carbocycles. The Labute approximate surface area is 137 Å². The largest absolute Gasteiger partial charge is 0.351 e. The van der Waals surface area contributed by atoms with Gasteiger partial charge in [-0.05, 0) is 37.0 Å². The molecular formula is C17H17N5O2. The average molecular weight is 323 g/mol. The maximum atomic E-state index is 12.7. The molecule has 0 bridgehead atoms. The number of anilines is 1. The number of rotatable bonds is 4. The molecule has 0 amide bonds. The van der Waals surface area contributed by atoms with Crippen LogP contribution >= 0.6 is 0 Å². The summed E-state index contributed by atoms with van der Waals surface area (Å²) in [7, 11) is 0. The number of nitrogens with one attached hydrogen (secondary N) is 2. The summed E-state index contributed by atoms with van der Waals surface area (Å²) in [4.78, 5) is 36.2. The predicted molar refractivity (Wildman–Crippen MR) is 91.8 cm³/mol. The first kappa shape index (κ1) is 14.6. The standard InChI is InChI=1S/C17H17N5O2/c1-2-10-3-7-12(8-4-10)22-15(23)13-9-18-16(19-11-5-6-11)20-14(13)21-17(22)24/h3-4,7-9,11H,2,5-6H2,1H3,(H2,18,19,20,21,24). The number of aryl methyl sites for hydroxylation is 1. The molecule has 122 valence electrons. The van der Waals surface area contributed by atoms with Gasteiger partial charge in [0, 0.05) is 12.2 Å². The van der Waals surface area contributed by atoms with Gasteiger partial charge in [0.1, 0.15) is 5.39 Å². The number of nitrogens with zero attached hydrogens (tertiary/aromatic N) is 3. The van der Waals surface area contributed by atoms with Crippen molar-refractivity contribution in [2.45, 2.75) is 32.2 Å². The van der Waals surface area contributed by atoms with Crippen LogP contribution in [0.4, 0.5) is 5.95 Å². The van der Waals surface area contributed by atoms with Crippen LogP contribution in [-0.2, 0) is 6.42 Å². The molecule has 0 spiro atoms. The molecule has 7 nitrogen and oxygen atoms in total. The highest BCUT2D eigenvalue weighted by atomic mass is 16.2. The van der Waals surface area contributed by atoms with Crippen molar-refractivity contribution in [1.29, 1.82) is 0 Å². The second-order valence-electron chi connectivity index (χ2n) is 5.97. The van der Waals surface area contributed by atoms with Gasteiger partial charge in [0.15, 0.2) is 5.65 Å². The molecule has 0 unspecified atom stereocenters. The monoisotopic (exact) mass is 323 g/mol. The molecule has 1 saturated carbocycles. The molecule has 2 heterocycles. The third-order valence-corrected chi connectivity index (χ3v) is 4.16. The van der Waals surface area contributed by atoms with E-state index in [9.17, 15) is 9.59 Å². The number of H-pyrrole nitrogens is 1.